The molecule has 0 atom stereocenters. The Labute approximate surface area is 174 Å². The first kappa shape index (κ1) is 19.8. The molecule has 1 fully saturated rings. The third kappa shape index (κ3) is 5.24. The van der Waals surface area contributed by atoms with E-state index in [4.69, 9.17) is 10.00 Å². The van der Waals surface area contributed by atoms with E-state index in [0.717, 1.165) is 5.92 Å². The van der Waals surface area contributed by atoms with Gasteiger partial charge in [0, 0.05) is 5.75 Å². The van der Waals surface area contributed by atoms with Crippen molar-refractivity contribution in [3.05, 3.63) is 65.2 Å². The van der Waals surface area contributed by atoms with E-state index in [2.05, 4.69) is 13.0 Å². The van der Waals surface area contributed by atoms with Gasteiger partial charge in [-0.15, -0.1) is 24.3 Å². The molecule has 0 saturated heterocycles. The van der Waals surface area contributed by atoms with Gasteiger partial charge in [-0.05, 0) is 48.4 Å². The summed E-state index contributed by atoms with van der Waals surface area (Å²) in [5, 5.41) is 8.75. The summed E-state index contributed by atoms with van der Waals surface area (Å²) < 4.78 is 5.32. The summed E-state index contributed by atoms with van der Waals surface area (Å²) in [6.45, 7) is 2.32. The number of esters is 1. The Kier molecular flexibility index (Phi) is 7.35. The van der Waals surface area contributed by atoms with Crippen LogP contribution in [0, 0.1) is 23.3 Å². The van der Waals surface area contributed by atoms with Crippen LogP contribution >= 0.6 is 0 Å². The molecule has 0 aliphatic heterocycles. The van der Waals surface area contributed by atoms with Crippen molar-refractivity contribution >= 4 is 5.97 Å². The molecule has 3 rings (SSSR count). The minimum atomic E-state index is -0.392. The van der Waals surface area contributed by atoms with E-state index in [1.165, 1.54) is 37.3 Å². The summed E-state index contributed by atoms with van der Waals surface area (Å²) >= 11 is 0. The largest absolute Gasteiger partial charge is 3.00 e. The quantitative estimate of drug-likeness (QED) is 0.415. The maximum Gasteiger partial charge on any atom is 3.00 e. The normalized spacial score (nSPS) is 19.4. The first-order valence-electron chi connectivity index (χ1n) is 8.39. The second-order valence-corrected chi connectivity index (χ2v) is 6.52. The molecular formula is C21H20NO2Y+2. The van der Waals surface area contributed by atoms with Gasteiger partial charge in [-0.3, -0.25) is 5.26 Å². The van der Waals surface area contributed by atoms with Crippen molar-refractivity contribution in [1.82, 2.24) is 0 Å². The molecule has 3 nitrogen and oxygen atoms in total. The third-order valence-corrected chi connectivity index (χ3v) is 4.75. The fourth-order valence-corrected chi connectivity index (χ4v) is 3.19. The summed E-state index contributed by atoms with van der Waals surface area (Å²) in [4.78, 5) is 12.2. The van der Waals surface area contributed by atoms with E-state index in [1.807, 2.05) is 30.3 Å². The Morgan fingerprint density at radius 3 is 2.36 bits per heavy atom. The number of carbonyl (C=O) groups is 1. The van der Waals surface area contributed by atoms with Gasteiger partial charge in [0.05, 0.1) is 5.56 Å². The Balaban J connectivity index is 0.00000225. The van der Waals surface area contributed by atoms with E-state index >= 15 is 0 Å². The van der Waals surface area contributed by atoms with Crippen LogP contribution in [0.5, 0.6) is 5.75 Å². The van der Waals surface area contributed by atoms with Crippen LogP contribution in [0.15, 0.2) is 42.5 Å². The van der Waals surface area contributed by atoms with Gasteiger partial charge in [-0.1, -0.05) is 37.5 Å². The molecule has 0 unspecified atom stereocenters. The zero-order valence-electron chi connectivity index (χ0n) is 14.4. The third-order valence-electron chi connectivity index (χ3n) is 4.75. The van der Waals surface area contributed by atoms with Crippen LogP contribution in [-0.4, -0.2) is 5.97 Å². The van der Waals surface area contributed by atoms with Gasteiger partial charge in [0.25, 0.3) is 0 Å². The molecule has 0 radical (unpaired) electrons. The molecule has 0 amide bonds. The number of benzene rings is 2. The molecule has 25 heavy (non-hydrogen) atoms. The molecule has 0 bridgehead atoms. The van der Waals surface area contributed by atoms with Crippen LogP contribution in [-0.2, 0) is 32.7 Å². The fourth-order valence-electron chi connectivity index (χ4n) is 3.19. The van der Waals surface area contributed by atoms with E-state index < -0.39 is 5.97 Å². The average Bonchev–Trinajstić information content (AvgIpc) is 2.63. The van der Waals surface area contributed by atoms with Crippen molar-refractivity contribution in [1.29, 1.82) is 5.26 Å². The van der Waals surface area contributed by atoms with Crippen molar-refractivity contribution in [3.8, 4) is 11.8 Å². The zero-order valence-corrected chi connectivity index (χ0v) is 17.2. The van der Waals surface area contributed by atoms with Gasteiger partial charge in [-0.2, -0.15) is 0 Å². The minimum absolute atomic E-state index is 0. The van der Waals surface area contributed by atoms with Gasteiger partial charge in [0.15, 0.2) is 0 Å². The number of carbonyl (C=O) groups excluding carboxylic acids is 1. The van der Waals surface area contributed by atoms with Crippen LogP contribution in [0.4, 0.5) is 0 Å². The first-order valence-corrected chi connectivity index (χ1v) is 8.39. The van der Waals surface area contributed by atoms with E-state index in [0.29, 0.717) is 22.8 Å². The predicted octanol–water partition coefficient (Wildman–Crippen LogP) is 4.87. The maximum absolute atomic E-state index is 12.2. The van der Waals surface area contributed by atoms with E-state index in [1.54, 1.807) is 12.1 Å². The molecule has 122 valence electrons. The Morgan fingerprint density at radius 2 is 1.80 bits per heavy atom. The number of rotatable bonds is 3. The molecule has 0 heterocycles. The summed E-state index contributed by atoms with van der Waals surface area (Å²) in [5.41, 5.74) is 2.26. The molecule has 0 aromatic heterocycles. The number of nitrogens with zero attached hydrogens (tertiary/aromatic N) is 1. The fraction of sp³-hybridized carbons (Fsp3) is 0.333. The van der Waals surface area contributed by atoms with E-state index in [-0.39, 0.29) is 32.7 Å². The van der Waals surface area contributed by atoms with Gasteiger partial charge in [-0.25, -0.2) is 4.79 Å². The van der Waals surface area contributed by atoms with Crippen LogP contribution in [0.25, 0.3) is 0 Å². The monoisotopic (exact) mass is 407 g/mol. The van der Waals surface area contributed by atoms with Crippen LogP contribution < -0.4 is 4.74 Å². The summed E-state index contributed by atoms with van der Waals surface area (Å²) in [6, 6.07) is 17.2. The Hall–Kier alpha value is -1.50. The number of hydrogen-bond acceptors (Lipinski definition) is 3. The van der Waals surface area contributed by atoms with Crippen molar-refractivity contribution < 1.29 is 42.2 Å². The van der Waals surface area contributed by atoms with Crippen LogP contribution in [0.2, 0.25) is 0 Å². The van der Waals surface area contributed by atoms with Gasteiger partial charge in [0.1, 0.15) is 0 Å². The van der Waals surface area contributed by atoms with Crippen molar-refractivity contribution in [2.24, 2.45) is 5.92 Å². The zero-order chi connectivity index (χ0) is 16.9. The molecule has 0 spiro atoms. The number of nitriles is 1. The molecule has 2 aromatic carbocycles. The molecule has 1 aliphatic rings. The molecule has 1 saturated carbocycles. The Bertz CT molecular complexity index is 739. The number of hydrogen-bond donors (Lipinski definition) is 0. The Morgan fingerprint density at radius 1 is 1.12 bits per heavy atom. The minimum Gasteiger partial charge on any atom is -0.471 e. The maximum atomic E-state index is 12.2. The second kappa shape index (κ2) is 9.27. The van der Waals surface area contributed by atoms with Crippen LogP contribution in [0.3, 0.4) is 0 Å². The first-order chi connectivity index (χ1) is 11.7. The molecule has 0 N–H and O–H groups in total. The topological polar surface area (TPSA) is 50.1 Å². The van der Waals surface area contributed by atoms with E-state index in [9.17, 15) is 4.79 Å². The predicted molar refractivity (Wildman–Crippen MR) is 91.8 cm³/mol. The standard InChI is InChI=1S/C21H20NO2.Y/c1-15-2-6-17(7-3-15)18-8-10-19(11-9-18)21(23)24-20-12-4-16(14-22)5-13-20;/h4,8-13,15,17H,2-3,6-7H2,1H3;/q-1;+3. The average molecular weight is 407 g/mol. The van der Waals surface area contributed by atoms with Gasteiger partial charge in [0.2, 0.25) is 0 Å². The molecular weight excluding hydrogens is 387 g/mol. The smallest absolute Gasteiger partial charge is 0.471 e. The van der Waals surface area contributed by atoms with Crippen LogP contribution in [0.1, 0.15) is 60.0 Å². The van der Waals surface area contributed by atoms with Crippen molar-refractivity contribution in [2.75, 3.05) is 0 Å². The molecule has 4 heteroatoms. The summed E-state index contributed by atoms with van der Waals surface area (Å²) in [6.07, 6.45) is 5.02. The summed E-state index contributed by atoms with van der Waals surface area (Å²) in [5.74, 6) is 1.44. The van der Waals surface area contributed by atoms with Gasteiger partial charge >= 0.3 is 38.7 Å². The van der Waals surface area contributed by atoms with Crippen molar-refractivity contribution in [2.45, 2.75) is 38.5 Å². The SMILES string of the molecule is CC1CCC(c2ccc(C(=O)Oc3c[c-]c(C#N)cc3)cc2)CC1.[Y+3]. The second-order valence-electron chi connectivity index (χ2n) is 6.52. The summed E-state index contributed by atoms with van der Waals surface area (Å²) in [7, 11) is 0. The molecule has 1 aliphatic carbocycles. The number of ether oxygens (including phenoxy) is 1. The molecule has 2 aromatic rings. The van der Waals surface area contributed by atoms with Crippen molar-refractivity contribution in [3.63, 3.8) is 0 Å². The van der Waals surface area contributed by atoms with Gasteiger partial charge < -0.3 is 4.74 Å².